The molecule has 2 aromatic rings. The van der Waals surface area contributed by atoms with Gasteiger partial charge in [-0.25, -0.2) is 14.4 Å². The molecule has 1 aliphatic carbocycles. The number of carbonyl (C=O) groups excluding carboxylic acids is 3. The average molecular weight is 503 g/mol. The normalized spacial score (nSPS) is 20.2. The van der Waals surface area contributed by atoms with Gasteiger partial charge in [0, 0.05) is 23.7 Å². The monoisotopic (exact) mass is 502 g/mol. The number of carbonyl (C=O) groups is 3. The molecule has 0 spiro atoms. The lowest BCUT2D eigenvalue weighted by molar-refractivity contribution is -0.147. The largest absolute Gasteiger partial charge is 0.482 e. The molecule has 2 unspecified atom stereocenters. The first kappa shape index (κ1) is 24.5. The molecule has 5 rings (SSSR count). The van der Waals surface area contributed by atoms with Crippen molar-refractivity contribution >= 4 is 29.1 Å². The van der Waals surface area contributed by atoms with Gasteiger partial charge < -0.3 is 23.7 Å². The SMILES string of the molecule is CCOCCOC(=O)COc1ccc(C2=C3C=C4OC(=O)C(c5ccccc5)=C4C(C)C3OC2=O)cc1. The van der Waals surface area contributed by atoms with Crippen molar-refractivity contribution in [1.82, 2.24) is 0 Å². The van der Waals surface area contributed by atoms with Crippen molar-refractivity contribution in [2.45, 2.75) is 20.0 Å². The number of esters is 3. The first-order valence-electron chi connectivity index (χ1n) is 12.1. The van der Waals surface area contributed by atoms with Gasteiger partial charge in [-0.05, 0) is 36.3 Å². The van der Waals surface area contributed by atoms with Crippen LogP contribution in [0.5, 0.6) is 5.75 Å². The van der Waals surface area contributed by atoms with E-state index in [0.717, 1.165) is 11.1 Å². The summed E-state index contributed by atoms with van der Waals surface area (Å²) >= 11 is 0. The summed E-state index contributed by atoms with van der Waals surface area (Å²) in [6.07, 6.45) is 1.20. The van der Waals surface area contributed by atoms with Gasteiger partial charge in [0.15, 0.2) is 6.61 Å². The van der Waals surface area contributed by atoms with Crippen LogP contribution in [0.4, 0.5) is 0 Å². The summed E-state index contributed by atoms with van der Waals surface area (Å²) in [6, 6.07) is 16.1. The fraction of sp³-hybridized carbons (Fsp3) is 0.276. The fourth-order valence-electron chi connectivity index (χ4n) is 4.74. The van der Waals surface area contributed by atoms with Crippen molar-refractivity contribution in [2.75, 3.05) is 26.4 Å². The number of hydrogen-bond acceptors (Lipinski definition) is 8. The molecule has 0 saturated carbocycles. The van der Waals surface area contributed by atoms with Gasteiger partial charge in [-0.15, -0.1) is 0 Å². The second kappa shape index (κ2) is 10.4. The van der Waals surface area contributed by atoms with E-state index in [4.69, 9.17) is 23.7 Å². The summed E-state index contributed by atoms with van der Waals surface area (Å²) < 4.78 is 27.0. The Balaban J connectivity index is 1.37. The molecule has 2 aromatic carbocycles. The van der Waals surface area contributed by atoms with Gasteiger partial charge in [-0.3, -0.25) is 0 Å². The number of hydrogen-bond donors (Lipinski definition) is 0. The third-order valence-electron chi connectivity index (χ3n) is 6.43. The zero-order valence-corrected chi connectivity index (χ0v) is 20.5. The Morgan fingerprint density at radius 1 is 0.919 bits per heavy atom. The van der Waals surface area contributed by atoms with Crippen LogP contribution in [0, 0.1) is 5.92 Å². The molecule has 190 valence electrons. The number of benzene rings is 2. The molecule has 2 heterocycles. The van der Waals surface area contributed by atoms with Crippen LogP contribution in [0.3, 0.4) is 0 Å². The van der Waals surface area contributed by atoms with Crippen LogP contribution in [0.25, 0.3) is 11.1 Å². The number of rotatable bonds is 9. The van der Waals surface area contributed by atoms with E-state index in [2.05, 4.69) is 0 Å². The minimum absolute atomic E-state index is 0.169. The van der Waals surface area contributed by atoms with Gasteiger partial charge in [-0.2, -0.15) is 0 Å². The Bertz CT molecular complexity index is 1320. The molecule has 0 bridgehead atoms. The van der Waals surface area contributed by atoms with Crippen molar-refractivity contribution < 1.29 is 38.1 Å². The fourth-order valence-corrected chi connectivity index (χ4v) is 4.74. The highest BCUT2D eigenvalue weighted by Crippen LogP contribution is 2.48. The van der Waals surface area contributed by atoms with E-state index in [1.165, 1.54) is 0 Å². The van der Waals surface area contributed by atoms with E-state index < -0.39 is 24.0 Å². The second-order valence-electron chi connectivity index (χ2n) is 8.73. The highest BCUT2D eigenvalue weighted by atomic mass is 16.6. The van der Waals surface area contributed by atoms with Crippen LogP contribution < -0.4 is 4.74 Å². The molecule has 37 heavy (non-hydrogen) atoms. The van der Waals surface area contributed by atoms with Crippen molar-refractivity contribution in [3.8, 4) is 5.75 Å². The molecule has 0 N–H and O–H groups in total. The van der Waals surface area contributed by atoms with E-state index in [1.54, 1.807) is 30.3 Å². The number of fused-ring (bicyclic) bond motifs is 2. The molecule has 0 aromatic heterocycles. The van der Waals surface area contributed by atoms with Crippen molar-refractivity contribution in [3.63, 3.8) is 0 Å². The number of ether oxygens (including phenoxy) is 5. The zero-order chi connectivity index (χ0) is 25.9. The van der Waals surface area contributed by atoms with Crippen molar-refractivity contribution in [1.29, 1.82) is 0 Å². The molecule has 0 amide bonds. The summed E-state index contributed by atoms with van der Waals surface area (Å²) in [5, 5.41) is 0. The van der Waals surface area contributed by atoms with Crippen LogP contribution in [0.15, 0.2) is 77.6 Å². The average Bonchev–Trinajstić information content (AvgIpc) is 3.42. The summed E-state index contributed by atoms with van der Waals surface area (Å²) in [4.78, 5) is 37.5. The molecule has 2 atom stereocenters. The molecular weight excluding hydrogens is 476 g/mol. The lowest BCUT2D eigenvalue weighted by Gasteiger charge is -2.26. The van der Waals surface area contributed by atoms with E-state index in [1.807, 2.05) is 44.2 Å². The van der Waals surface area contributed by atoms with Gasteiger partial charge in [0.25, 0.3) is 0 Å². The molecular formula is C29H26O8. The summed E-state index contributed by atoms with van der Waals surface area (Å²) in [6.45, 7) is 4.62. The standard InChI is InChI=1S/C29H26O8/c1-3-33-13-14-34-23(30)16-35-20-11-9-19(10-12-20)25-21-15-22-24(17(2)27(21)37-28(25)31)26(29(32)36-22)18-7-5-4-6-8-18/h4-12,15,17,27H,3,13-14,16H2,1-2H3. The van der Waals surface area contributed by atoms with Gasteiger partial charge >= 0.3 is 17.9 Å². The van der Waals surface area contributed by atoms with Gasteiger partial charge in [-0.1, -0.05) is 49.4 Å². The highest BCUT2D eigenvalue weighted by Gasteiger charge is 2.47. The maximum Gasteiger partial charge on any atom is 0.344 e. The van der Waals surface area contributed by atoms with E-state index >= 15 is 0 Å². The second-order valence-corrected chi connectivity index (χ2v) is 8.73. The maximum absolute atomic E-state index is 12.9. The van der Waals surface area contributed by atoms with Gasteiger partial charge in [0.1, 0.15) is 24.2 Å². The van der Waals surface area contributed by atoms with Crippen LogP contribution in [-0.4, -0.2) is 50.4 Å². The van der Waals surface area contributed by atoms with Gasteiger partial charge in [0.2, 0.25) is 0 Å². The Morgan fingerprint density at radius 2 is 1.65 bits per heavy atom. The first-order chi connectivity index (χ1) is 18.0. The number of allylic oxidation sites excluding steroid dienone is 1. The van der Waals surface area contributed by atoms with Gasteiger partial charge in [0.05, 0.1) is 17.8 Å². The predicted octanol–water partition coefficient (Wildman–Crippen LogP) is 3.87. The van der Waals surface area contributed by atoms with Crippen LogP contribution in [-0.2, 0) is 33.3 Å². The van der Waals surface area contributed by atoms with Crippen molar-refractivity contribution in [2.24, 2.45) is 5.92 Å². The molecule has 0 fully saturated rings. The minimum Gasteiger partial charge on any atom is -0.482 e. The molecule has 0 saturated heterocycles. The minimum atomic E-state index is -0.531. The van der Waals surface area contributed by atoms with E-state index in [-0.39, 0.29) is 19.1 Å². The summed E-state index contributed by atoms with van der Waals surface area (Å²) in [5.74, 6) is -0.717. The lowest BCUT2D eigenvalue weighted by Crippen LogP contribution is -2.26. The summed E-state index contributed by atoms with van der Waals surface area (Å²) in [5.41, 5.74) is 3.73. The van der Waals surface area contributed by atoms with Crippen molar-refractivity contribution in [3.05, 3.63) is 88.7 Å². The smallest absolute Gasteiger partial charge is 0.344 e. The predicted molar refractivity (Wildman–Crippen MR) is 133 cm³/mol. The molecule has 8 heteroatoms. The Kier molecular flexibility index (Phi) is 6.92. The summed E-state index contributed by atoms with van der Waals surface area (Å²) in [7, 11) is 0. The van der Waals surface area contributed by atoms with Crippen LogP contribution in [0.1, 0.15) is 25.0 Å². The molecule has 0 radical (unpaired) electrons. The Hall–Kier alpha value is -4.17. The van der Waals surface area contributed by atoms with Crippen LogP contribution >= 0.6 is 0 Å². The quantitative estimate of drug-likeness (QED) is 0.290. The zero-order valence-electron chi connectivity index (χ0n) is 20.5. The molecule has 8 nitrogen and oxygen atoms in total. The lowest BCUT2D eigenvalue weighted by atomic mass is 9.80. The molecule has 3 aliphatic rings. The molecule has 2 aliphatic heterocycles. The topological polar surface area (TPSA) is 97.4 Å². The Morgan fingerprint density at radius 3 is 2.38 bits per heavy atom. The first-order valence-corrected chi connectivity index (χ1v) is 12.1. The van der Waals surface area contributed by atoms with E-state index in [0.29, 0.717) is 47.0 Å². The maximum atomic E-state index is 12.9. The third-order valence-corrected chi connectivity index (χ3v) is 6.43. The Labute approximate surface area is 214 Å². The van der Waals surface area contributed by atoms with Crippen LogP contribution in [0.2, 0.25) is 0 Å². The third kappa shape index (κ3) is 4.80. The highest BCUT2D eigenvalue weighted by molar-refractivity contribution is 6.23. The van der Waals surface area contributed by atoms with E-state index in [9.17, 15) is 14.4 Å².